The van der Waals surface area contributed by atoms with Gasteiger partial charge in [-0.25, -0.2) is 14.8 Å². The predicted molar refractivity (Wildman–Crippen MR) is 180 cm³/mol. The summed E-state index contributed by atoms with van der Waals surface area (Å²) in [5.74, 6) is 1.79. The molecule has 0 saturated carbocycles. The van der Waals surface area contributed by atoms with Crippen molar-refractivity contribution in [3.05, 3.63) is 64.3 Å². The number of rotatable bonds is 11. The summed E-state index contributed by atoms with van der Waals surface area (Å²) in [6.45, 7) is 8.29. The predicted octanol–water partition coefficient (Wildman–Crippen LogP) is 4.90. The number of imide groups is 1. The third kappa shape index (κ3) is 10.5. The number of ether oxygens (including phenoxy) is 1. The van der Waals surface area contributed by atoms with Crippen molar-refractivity contribution in [2.24, 2.45) is 5.92 Å². The fourth-order valence-corrected chi connectivity index (χ4v) is 6.36. The highest BCUT2D eigenvalue weighted by molar-refractivity contribution is 6.35. The van der Waals surface area contributed by atoms with Crippen LogP contribution in [0, 0.1) is 5.92 Å². The lowest BCUT2D eigenvalue weighted by Gasteiger charge is -2.35. The van der Waals surface area contributed by atoms with Crippen LogP contribution in [0.25, 0.3) is 11.3 Å². The van der Waals surface area contributed by atoms with E-state index in [9.17, 15) is 14.4 Å². The van der Waals surface area contributed by atoms with E-state index in [-0.39, 0.29) is 12.3 Å². The lowest BCUT2D eigenvalue weighted by molar-refractivity contribution is -0.121. The maximum Gasteiger partial charge on any atom is 0.411 e. The number of likely N-dealkylation sites (tertiary alicyclic amines) is 1. The zero-order valence-corrected chi connectivity index (χ0v) is 27.8. The van der Waals surface area contributed by atoms with Crippen molar-refractivity contribution < 1.29 is 24.2 Å². The maximum atomic E-state index is 11.6. The van der Waals surface area contributed by atoms with Gasteiger partial charge in [-0.2, -0.15) is 0 Å². The van der Waals surface area contributed by atoms with Gasteiger partial charge in [-0.1, -0.05) is 23.2 Å². The van der Waals surface area contributed by atoms with Crippen LogP contribution in [0.5, 0.6) is 11.6 Å². The standard InChI is InChI=1S/C33H39Cl2N7O5/c1-22(43)36-19-23-4-7-41(8-5-23)21-24-14-29(25-16-26(34)18-27(35)17-25)38-32(15-24)47-28-2-3-30(37-20-28)42-12-10-40(11-13-42)9-6-31(44)39-33(45)46/h2-3,14-18,20,23H,4-13,19,21H2,1H3,(H,36,43)(H,39,44)(H,45,46). The minimum Gasteiger partial charge on any atom is -0.465 e. The summed E-state index contributed by atoms with van der Waals surface area (Å²) in [5.41, 5.74) is 2.54. The van der Waals surface area contributed by atoms with Gasteiger partial charge in [0.15, 0.2) is 0 Å². The lowest BCUT2D eigenvalue weighted by Crippen LogP contribution is -2.47. The number of pyridine rings is 2. The molecule has 3 N–H and O–H groups in total. The van der Waals surface area contributed by atoms with Crippen LogP contribution < -0.4 is 20.3 Å². The topological polar surface area (TPSA) is 140 Å². The number of benzene rings is 1. The van der Waals surface area contributed by atoms with Crippen LogP contribution >= 0.6 is 23.2 Å². The molecule has 14 heteroatoms. The van der Waals surface area contributed by atoms with Crippen LogP contribution in [0.3, 0.4) is 0 Å². The molecule has 4 heterocycles. The number of hydrogen-bond donors (Lipinski definition) is 3. The third-order valence-electron chi connectivity index (χ3n) is 8.31. The monoisotopic (exact) mass is 683 g/mol. The Balaban J connectivity index is 1.23. The van der Waals surface area contributed by atoms with Crippen molar-refractivity contribution in [2.75, 3.05) is 57.3 Å². The molecule has 0 unspecified atom stereocenters. The molecule has 2 aromatic heterocycles. The van der Waals surface area contributed by atoms with Gasteiger partial charge >= 0.3 is 6.09 Å². The fourth-order valence-electron chi connectivity index (χ4n) is 5.83. The summed E-state index contributed by atoms with van der Waals surface area (Å²) >= 11 is 12.7. The third-order valence-corrected chi connectivity index (χ3v) is 8.75. The van der Waals surface area contributed by atoms with Crippen molar-refractivity contribution in [3.8, 4) is 22.9 Å². The molecule has 0 spiro atoms. The summed E-state index contributed by atoms with van der Waals surface area (Å²) in [4.78, 5) is 49.7. The van der Waals surface area contributed by atoms with Crippen molar-refractivity contribution >= 4 is 46.9 Å². The fraction of sp³-hybridized carbons (Fsp3) is 0.424. The number of piperazine rings is 1. The quantitative estimate of drug-likeness (QED) is 0.256. The number of hydrogen-bond acceptors (Lipinski definition) is 9. The normalized spacial score (nSPS) is 16.1. The zero-order valence-electron chi connectivity index (χ0n) is 26.3. The first-order valence-corrected chi connectivity index (χ1v) is 16.4. The van der Waals surface area contributed by atoms with Gasteiger partial charge in [0, 0.05) is 80.8 Å². The molecule has 0 atom stereocenters. The lowest BCUT2D eigenvalue weighted by atomic mass is 9.96. The van der Waals surface area contributed by atoms with Crippen LogP contribution in [0.2, 0.25) is 10.0 Å². The Labute approximate surface area is 284 Å². The first-order chi connectivity index (χ1) is 22.6. The smallest absolute Gasteiger partial charge is 0.411 e. The van der Waals surface area contributed by atoms with Gasteiger partial charge in [-0.05, 0) is 73.8 Å². The van der Waals surface area contributed by atoms with Gasteiger partial charge < -0.3 is 20.1 Å². The molecule has 47 heavy (non-hydrogen) atoms. The van der Waals surface area contributed by atoms with E-state index in [1.165, 1.54) is 0 Å². The number of amides is 3. The van der Waals surface area contributed by atoms with Gasteiger partial charge in [-0.15, -0.1) is 0 Å². The van der Waals surface area contributed by atoms with Gasteiger partial charge in [0.05, 0.1) is 11.9 Å². The minimum absolute atomic E-state index is 0.00847. The molecular formula is C33H39Cl2N7O5. The number of halogens is 2. The van der Waals surface area contributed by atoms with Crippen LogP contribution in [0.1, 0.15) is 31.7 Å². The Hall–Kier alpha value is -3.97. The molecule has 12 nitrogen and oxygen atoms in total. The molecule has 3 aromatic rings. The molecule has 5 rings (SSSR count). The second kappa shape index (κ2) is 16.2. The highest BCUT2D eigenvalue weighted by Gasteiger charge is 2.21. The van der Waals surface area contributed by atoms with Crippen LogP contribution in [-0.2, 0) is 16.1 Å². The summed E-state index contributed by atoms with van der Waals surface area (Å²) in [6, 6.07) is 13.1. The van der Waals surface area contributed by atoms with E-state index in [1.54, 1.807) is 19.2 Å². The molecular weight excluding hydrogens is 645 g/mol. The second-order valence-electron chi connectivity index (χ2n) is 11.9. The molecule has 2 saturated heterocycles. The Morgan fingerprint density at radius 1 is 0.957 bits per heavy atom. The number of anilines is 1. The molecule has 3 amide bonds. The largest absolute Gasteiger partial charge is 0.465 e. The van der Waals surface area contributed by atoms with Crippen LogP contribution in [0.15, 0.2) is 48.7 Å². The van der Waals surface area contributed by atoms with Gasteiger partial charge in [0.1, 0.15) is 11.6 Å². The minimum atomic E-state index is -1.33. The van der Waals surface area contributed by atoms with E-state index in [2.05, 4.69) is 25.0 Å². The number of carboxylic acid groups (broad SMARTS) is 1. The zero-order chi connectivity index (χ0) is 33.3. The maximum absolute atomic E-state index is 11.6. The summed E-state index contributed by atoms with van der Waals surface area (Å²) in [6.07, 6.45) is 2.52. The number of carbonyl (C=O) groups excluding carboxylic acids is 2. The Morgan fingerprint density at radius 2 is 1.68 bits per heavy atom. The van der Waals surface area contributed by atoms with Gasteiger partial charge in [-0.3, -0.25) is 24.7 Å². The van der Waals surface area contributed by atoms with Crippen molar-refractivity contribution in [3.63, 3.8) is 0 Å². The molecule has 0 bridgehead atoms. The van der Waals surface area contributed by atoms with E-state index in [1.807, 2.05) is 41.7 Å². The molecule has 2 aliphatic rings. The molecule has 2 aliphatic heterocycles. The van der Waals surface area contributed by atoms with Crippen molar-refractivity contribution in [2.45, 2.75) is 32.7 Å². The van der Waals surface area contributed by atoms with Crippen LogP contribution in [-0.4, -0.2) is 95.1 Å². The molecule has 250 valence electrons. The molecule has 0 aliphatic carbocycles. The van der Waals surface area contributed by atoms with E-state index in [4.69, 9.17) is 38.0 Å². The first kappa shape index (κ1) is 34.4. The highest BCUT2D eigenvalue weighted by Crippen LogP contribution is 2.31. The van der Waals surface area contributed by atoms with Gasteiger partial charge in [0.25, 0.3) is 0 Å². The number of aromatic nitrogens is 2. The van der Waals surface area contributed by atoms with E-state index in [0.29, 0.717) is 39.8 Å². The number of nitrogens with one attached hydrogen (secondary N) is 2. The molecule has 0 radical (unpaired) electrons. The van der Waals surface area contributed by atoms with E-state index >= 15 is 0 Å². The number of nitrogens with zero attached hydrogens (tertiary/aromatic N) is 5. The summed E-state index contributed by atoms with van der Waals surface area (Å²) in [5, 5.41) is 14.5. The average Bonchev–Trinajstić information content (AvgIpc) is 3.03. The van der Waals surface area contributed by atoms with Gasteiger partial charge in [0.2, 0.25) is 17.7 Å². The number of carbonyl (C=O) groups is 3. The summed E-state index contributed by atoms with van der Waals surface area (Å²) in [7, 11) is 0. The van der Waals surface area contributed by atoms with E-state index in [0.717, 1.165) is 82.1 Å². The molecule has 2 fully saturated rings. The molecule has 1 aromatic carbocycles. The Morgan fingerprint density at radius 3 is 2.32 bits per heavy atom. The summed E-state index contributed by atoms with van der Waals surface area (Å²) < 4.78 is 6.24. The Kier molecular flexibility index (Phi) is 11.9. The van der Waals surface area contributed by atoms with Crippen molar-refractivity contribution in [1.82, 2.24) is 30.4 Å². The average molecular weight is 685 g/mol. The van der Waals surface area contributed by atoms with E-state index < -0.39 is 12.0 Å². The Bertz CT molecular complexity index is 1540. The van der Waals surface area contributed by atoms with Crippen LogP contribution in [0.4, 0.5) is 10.6 Å². The number of piperidine rings is 1. The van der Waals surface area contributed by atoms with Crippen molar-refractivity contribution in [1.29, 1.82) is 0 Å². The highest BCUT2D eigenvalue weighted by atomic mass is 35.5. The first-order valence-electron chi connectivity index (χ1n) is 15.7. The second-order valence-corrected chi connectivity index (χ2v) is 12.8. The SMILES string of the molecule is CC(=O)NCC1CCN(Cc2cc(Oc3ccc(N4CCN(CCC(=O)NC(=O)O)CC4)nc3)nc(-c3cc(Cl)cc(Cl)c3)c2)CC1.